The number of hydrogen-bond donors (Lipinski definition) is 2. The fourth-order valence-electron chi connectivity index (χ4n) is 1.48. The Kier molecular flexibility index (Phi) is 1.34. The van der Waals surface area contributed by atoms with Crippen LogP contribution in [0.3, 0.4) is 0 Å². The molecule has 2 aliphatic heterocycles. The summed E-state index contributed by atoms with van der Waals surface area (Å²) in [6.07, 6.45) is 1.58. The second kappa shape index (κ2) is 2.52. The quantitative estimate of drug-likeness (QED) is 0.614. The van der Waals surface area contributed by atoms with Gasteiger partial charge in [-0.15, -0.1) is 10.6 Å². The average Bonchev–Trinajstić information content (AvgIpc) is 2.65. The van der Waals surface area contributed by atoms with Gasteiger partial charge in [-0.05, 0) is 6.07 Å². The van der Waals surface area contributed by atoms with Gasteiger partial charge in [-0.1, -0.05) is 12.1 Å². The maximum absolute atomic E-state index is 13.5. The topological polar surface area (TPSA) is 52.0 Å². The number of nitrogens with zero attached hydrogens (tertiary/aromatic N) is 3. The Labute approximate surface area is 78.8 Å². The zero-order chi connectivity index (χ0) is 9.54. The van der Waals surface area contributed by atoms with E-state index in [1.54, 1.807) is 18.3 Å². The van der Waals surface area contributed by atoms with Gasteiger partial charge < -0.3 is 0 Å². The van der Waals surface area contributed by atoms with Gasteiger partial charge in [-0.3, -0.25) is 0 Å². The molecule has 14 heavy (non-hydrogen) atoms. The van der Waals surface area contributed by atoms with E-state index in [2.05, 4.69) is 21.3 Å². The molecule has 6 heteroatoms. The summed E-state index contributed by atoms with van der Waals surface area (Å²) in [5.41, 5.74) is 6.34. The molecule has 1 aromatic rings. The van der Waals surface area contributed by atoms with Gasteiger partial charge in [0, 0.05) is 5.56 Å². The van der Waals surface area contributed by atoms with Crippen LogP contribution in [0.4, 0.5) is 4.39 Å². The molecule has 1 aromatic carbocycles. The van der Waals surface area contributed by atoms with Crippen LogP contribution < -0.4 is 11.1 Å². The van der Waals surface area contributed by atoms with Crippen LogP contribution in [0, 0.1) is 5.82 Å². The minimum atomic E-state index is -0.303. The summed E-state index contributed by atoms with van der Waals surface area (Å²) in [5, 5.41) is 9.28. The van der Waals surface area contributed by atoms with E-state index in [0.29, 0.717) is 11.4 Å². The molecule has 0 fully saturated rings. The van der Waals surface area contributed by atoms with Crippen LogP contribution in [0.25, 0.3) is 0 Å². The van der Waals surface area contributed by atoms with Gasteiger partial charge in [0.25, 0.3) is 0 Å². The first-order valence-corrected chi connectivity index (χ1v) is 4.07. The zero-order valence-corrected chi connectivity index (χ0v) is 7.03. The van der Waals surface area contributed by atoms with E-state index >= 15 is 0 Å². The molecular weight excluding hydrogens is 185 g/mol. The number of hydrazone groups is 2. The Bertz CT molecular complexity index is 453. The van der Waals surface area contributed by atoms with Crippen LogP contribution in [-0.2, 0) is 0 Å². The van der Waals surface area contributed by atoms with E-state index in [-0.39, 0.29) is 5.82 Å². The monoisotopic (exact) mass is 191 g/mol. The standard InChI is InChI=1S/C8H6FN5/c9-6-3-1-2-5-4-10-14-8(7(5)6)11-12-13-14/h1-4,12-13H. The fraction of sp³-hybridized carbons (Fsp3) is 0. The highest BCUT2D eigenvalue weighted by atomic mass is 19.1. The van der Waals surface area contributed by atoms with Crippen LogP contribution >= 0.6 is 0 Å². The summed E-state index contributed by atoms with van der Waals surface area (Å²) in [6.45, 7) is 0. The highest BCUT2D eigenvalue weighted by molar-refractivity contribution is 6.08. The number of halogens is 1. The molecule has 3 rings (SSSR count). The number of hydrogen-bond acceptors (Lipinski definition) is 5. The molecule has 0 saturated carbocycles. The number of nitrogens with one attached hydrogen (secondary N) is 2. The summed E-state index contributed by atoms with van der Waals surface area (Å²) in [7, 11) is 0. The fourth-order valence-corrected chi connectivity index (χ4v) is 1.48. The van der Waals surface area contributed by atoms with Crippen molar-refractivity contribution < 1.29 is 4.39 Å². The predicted octanol–water partition coefficient (Wildman–Crippen LogP) is 0.160. The van der Waals surface area contributed by atoms with Crippen LogP contribution in [0.2, 0.25) is 0 Å². The third-order valence-corrected chi connectivity index (χ3v) is 2.10. The van der Waals surface area contributed by atoms with Gasteiger partial charge in [0.15, 0.2) is 5.84 Å². The van der Waals surface area contributed by atoms with Gasteiger partial charge in [-0.25, -0.2) is 9.93 Å². The summed E-state index contributed by atoms with van der Waals surface area (Å²) in [4.78, 5) is 0. The third-order valence-electron chi connectivity index (χ3n) is 2.10. The van der Waals surface area contributed by atoms with Gasteiger partial charge >= 0.3 is 0 Å². The molecule has 0 atom stereocenters. The van der Waals surface area contributed by atoms with E-state index < -0.39 is 0 Å². The van der Waals surface area contributed by atoms with E-state index in [0.717, 1.165) is 5.56 Å². The maximum Gasteiger partial charge on any atom is 0.200 e. The number of benzene rings is 1. The molecule has 0 aromatic heterocycles. The molecule has 70 valence electrons. The van der Waals surface area contributed by atoms with Crippen LogP contribution in [0.15, 0.2) is 28.4 Å². The highest BCUT2D eigenvalue weighted by Gasteiger charge is 2.26. The summed E-state index contributed by atoms with van der Waals surface area (Å²) < 4.78 is 13.5. The third kappa shape index (κ3) is 0.854. The highest BCUT2D eigenvalue weighted by Crippen LogP contribution is 2.19. The molecule has 0 saturated heterocycles. The lowest BCUT2D eigenvalue weighted by atomic mass is 10.1. The predicted molar refractivity (Wildman–Crippen MR) is 48.6 cm³/mol. The molecule has 0 bridgehead atoms. The molecule has 0 radical (unpaired) electrons. The van der Waals surface area contributed by atoms with E-state index in [9.17, 15) is 4.39 Å². The van der Waals surface area contributed by atoms with Gasteiger partial charge in [0.05, 0.1) is 11.8 Å². The first-order chi connectivity index (χ1) is 6.86. The Morgan fingerprint density at radius 1 is 1.36 bits per heavy atom. The molecule has 0 amide bonds. The largest absolute Gasteiger partial charge is 0.221 e. The second-order valence-electron chi connectivity index (χ2n) is 2.92. The Morgan fingerprint density at radius 2 is 2.29 bits per heavy atom. The van der Waals surface area contributed by atoms with Gasteiger partial charge in [-0.2, -0.15) is 10.2 Å². The lowest BCUT2D eigenvalue weighted by molar-refractivity contribution is 0.308. The average molecular weight is 191 g/mol. The summed E-state index contributed by atoms with van der Waals surface area (Å²) in [6, 6.07) is 4.84. The Hall–Kier alpha value is -1.95. The minimum Gasteiger partial charge on any atom is -0.221 e. The van der Waals surface area contributed by atoms with Crippen molar-refractivity contribution in [2.45, 2.75) is 0 Å². The van der Waals surface area contributed by atoms with Crippen molar-refractivity contribution in [3.8, 4) is 0 Å². The first-order valence-electron chi connectivity index (χ1n) is 4.07. The van der Waals surface area contributed by atoms with Crippen molar-refractivity contribution in [2.24, 2.45) is 10.2 Å². The SMILES string of the molecule is Fc1cccc2c1C1=NNNN1N=C2. The van der Waals surface area contributed by atoms with Crippen molar-refractivity contribution in [3.63, 3.8) is 0 Å². The van der Waals surface area contributed by atoms with Crippen molar-refractivity contribution >= 4 is 12.1 Å². The lowest BCUT2D eigenvalue weighted by Crippen LogP contribution is -2.39. The smallest absolute Gasteiger partial charge is 0.200 e. The molecule has 2 heterocycles. The number of amidine groups is 1. The van der Waals surface area contributed by atoms with Crippen molar-refractivity contribution in [1.82, 2.24) is 16.2 Å². The van der Waals surface area contributed by atoms with Crippen LogP contribution in [0.5, 0.6) is 0 Å². The number of rotatable bonds is 0. The molecular formula is C8H6FN5. The Balaban J connectivity index is 2.27. The Morgan fingerprint density at radius 3 is 3.21 bits per heavy atom. The number of hydrazine groups is 2. The first kappa shape index (κ1) is 7.45. The molecule has 0 aliphatic carbocycles. The van der Waals surface area contributed by atoms with E-state index in [1.165, 1.54) is 11.2 Å². The van der Waals surface area contributed by atoms with Crippen molar-refractivity contribution in [3.05, 3.63) is 35.1 Å². The van der Waals surface area contributed by atoms with Gasteiger partial charge in [0.1, 0.15) is 5.82 Å². The second-order valence-corrected chi connectivity index (χ2v) is 2.92. The lowest BCUT2D eigenvalue weighted by Gasteiger charge is -2.18. The van der Waals surface area contributed by atoms with Crippen molar-refractivity contribution in [1.29, 1.82) is 0 Å². The molecule has 2 N–H and O–H groups in total. The minimum absolute atomic E-state index is 0.303. The van der Waals surface area contributed by atoms with Crippen LogP contribution in [-0.4, -0.2) is 17.2 Å². The summed E-state index contributed by atoms with van der Waals surface area (Å²) >= 11 is 0. The number of fused-ring (bicyclic) bond motifs is 3. The summed E-state index contributed by atoms with van der Waals surface area (Å²) in [5.74, 6) is 0.142. The molecule has 5 nitrogen and oxygen atoms in total. The van der Waals surface area contributed by atoms with E-state index in [1.807, 2.05) is 0 Å². The van der Waals surface area contributed by atoms with Crippen LogP contribution in [0.1, 0.15) is 11.1 Å². The van der Waals surface area contributed by atoms with E-state index in [4.69, 9.17) is 0 Å². The van der Waals surface area contributed by atoms with Crippen molar-refractivity contribution in [2.75, 3.05) is 0 Å². The van der Waals surface area contributed by atoms with Gasteiger partial charge in [0.2, 0.25) is 0 Å². The molecule has 0 unspecified atom stereocenters. The maximum atomic E-state index is 13.5. The zero-order valence-electron chi connectivity index (χ0n) is 7.03. The molecule has 0 spiro atoms. The molecule has 2 aliphatic rings. The normalized spacial score (nSPS) is 17.2.